The fourth-order valence-electron chi connectivity index (χ4n) is 4.88. The Morgan fingerprint density at radius 3 is 2.62 bits per heavy atom. The van der Waals surface area contributed by atoms with Crippen molar-refractivity contribution in [3.8, 4) is 5.69 Å². The molecule has 1 aliphatic rings. The van der Waals surface area contributed by atoms with E-state index >= 15 is 0 Å². The standard InChI is InChI=1S/C29H34N8O3/c1-5-30-29(38)35-33-27-28-34-32-25(14-13-22-18(2)36-40-19(22)3)37(28)24-17-20(15-16-39-4)11-12-23(24)26(31-27)21-9-7-6-8-10-21/h6-12,17,27,33H,5,13-16H2,1-4H3,(H2,30,35,38). The minimum absolute atomic E-state index is 0.354. The maximum absolute atomic E-state index is 12.3. The van der Waals surface area contributed by atoms with E-state index in [2.05, 4.69) is 54.3 Å². The van der Waals surface area contributed by atoms with Gasteiger partial charge in [0.2, 0.25) is 0 Å². The third-order valence-electron chi connectivity index (χ3n) is 6.90. The van der Waals surface area contributed by atoms with Crippen LogP contribution in [0.2, 0.25) is 0 Å². The molecule has 1 unspecified atom stereocenters. The molecule has 0 saturated heterocycles. The van der Waals surface area contributed by atoms with Gasteiger partial charge in [0, 0.05) is 36.8 Å². The topological polar surface area (TPSA) is 131 Å². The van der Waals surface area contributed by atoms with Crippen molar-refractivity contribution in [1.29, 1.82) is 0 Å². The zero-order valence-electron chi connectivity index (χ0n) is 23.2. The van der Waals surface area contributed by atoms with Gasteiger partial charge in [0.05, 0.1) is 23.7 Å². The van der Waals surface area contributed by atoms with Crippen LogP contribution in [0.25, 0.3) is 5.69 Å². The molecule has 5 rings (SSSR count). The molecule has 4 aromatic rings. The van der Waals surface area contributed by atoms with Crippen molar-refractivity contribution in [3.63, 3.8) is 0 Å². The molecule has 0 saturated carbocycles. The Kier molecular flexibility index (Phi) is 8.32. The fourth-order valence-corrected chi connectivity index (χ4v) is 4.88. The van der Waals surface area contributed by atoms with Gasteiger partial charge in [-0.2, -0.15) is 0 Å². The minimum Gasteiger partial charge on any atom is -0.384 e. The fraction of sp³-hybridized carbons (Fsp3) is 0.345. The van der Waals surface area contributed by atoms with Gasteiger partial charge in [0.1, 0.15) is 11.6 Å². The Balaban J connectivity index is 1.63. The molecule has 0 bridgehead atoms. The Labute approximate surface area is 233 Å². The maximum Gasteiger partial charge on any atom is 0.329 e. The summed E-state index contributed by atoms with van der Waals surface area (Å²) in [7, 11) is 1.70. The van der Waals surface area contributed by atoms with Crippen LogP contribution in [0.15, 0.2) is 58.0 Å². The first-order chi connectivity index (χ1) is 19.5. The number of hydrazine groups is 1. The molecule has 2 aromatic carbocycles. The van der Waals surface area contributed by atoms with Crippen molar-refractivity contribution in [2.24, 2.45) is 4.99 Å². The zero-order valence-corrected chi connectivity index (χ0v) is 23.2. The molecule has 3 heterocycles. The zero-order chi connectivity index (χ0) is 28.1. The van der Waals surface area contributed by atoms with Gasteiger partial charge in [-0.15, -0.1) is 10.2 Å². The van der Waals surface area contributed by atoms with E-state index in [0.717, 1.165) is 57.4 Å². The third-order valence-corrected chi connectivity index (χ3v) is 6.90. The summed E-state index contributed by atoms with van der Waals surface area (Å²) in [6, 6.07) is 16.0. The Morgan fingerprint density at radius 1 is 1.07 bits per heavy atom. The summed E-state index contributed by atoms with van der Waals surface area (Å²) in [6.45, 7) is 6.82. The van der Waals surface area contributed by atoms with E-state index in [1.54, 1.807) is 7.11 Å². The lowest BCUT2D eigenvalue weighted by Gasteiger charge is -2.16. The van der Waals surface area contributed by atoms with E-state index in [9.17, 15) is 4.79 Å². The summed E-state index contributed by atoms with van der Waals surface area (Å²) in [5.74, 6) is 2.15. The van der Waals surface area contributed by atoms with Crippen LogP contribution in [0.5, 0.6) is 0 Å². The molecule has 0 spiro atoms. The monoisotopic (exact) mass is 542 g/mol. The highest BCUT2D eigenvalue weighted by Crippen LogP contribution is 2.31. The smallest absolute Gasteiger partial charge is 0.329 e. The molecule has 3 N–H and O–H groups in total. The van der Waals surface area contributed by atoms with Crippen LogP contribution in [0.3, 0.4) is 0 Å². The molecule has 0 fully saturated rings. The number of nitrogens with zero attached hydrogens (tertiary/aromatic N) is 5. The number of carbonyl (C=O) groups is 1. The molecule has 0 aliphatic carbocycles. The first-order valence-electron chi connectivity index (χ1n) is 13.4. The number of aryl methyl sites for hydroxylation is 3. The number of benzene rings is 2. The molecule has 1 atom stereocenters. The number of methoxy groups -OCH3 is 1. The normalized spacial score (nSPS) is 14.2. The summed E-state index contributed by atoms with van der Waals surface area (Å²) >= 11 is 0. The van der Waals surface area contributed by atoms with Gasteiger partial charge >= 0.3 is 6.03 Å². The van der Waals surface area contributed by atoms with E-state index in [4.69, 9.17) is 14.3 Å². The molecule has 208 valence electrons. The average Bonchev–Trinajstić information content (AvgIpc) is 3.49. The molecule has 1 aliphatic heterocycles. The van der Waals surface area contributed by atoms with E-state index in [1.165, 1.54) is 0 Å². The number of urea groups is 1. The number of nitrogens with one attached hydrogen (secondary N) is 3. The van der Waals surface area contributed by atoms with Crippen LogP contribution in [-0.2, 0) is 24.0 Å². The van der Waals surface area contributed by atoms with Crippen LogP contribution in [0.1, 0.15) is 58.4 Å². The molecule has 2 aromatic heterocycles. The molecule has 11 heteroatoms. The summed E-state index contributed by atoms with van der Waals surface area (Å²) in [6.07, 6.45) is 1.36. The van der Waals surface area contributed by atoms with Gasteiger partial charge in [-0.1, -0.05) is 47.6 Å². The first-order valence-corrected chi connectivity index (χ1v) is 13.4. The van der Waals surface area contributed by atoms with Crippen molar-refractivity contribution < 1.29 is 14.1 Å². The summed E-state index contributed by atoms with van der Waals surface area (Å²) in [5, 5.41) is 16.0. The molecule has 0 radical (unpaired) electrons. The molecule has 40 heavy (non-hydrogen) atoms. The summed E-state index contributed by atoms with van der Waals surface area (Å²) in [4.78, 5) is 17.4. The van der Waals surface area contributed by atoms with Gasteiger partial charge in [-0.05, 0) is 45.2 Å². The van der Waals surface area contributed by atoms with E-state index in [-0.39, 0.29) is 6.03 Å². The second kappa shape index (κ2) is 12.2. The Bertz CT molecular complexity index is 1490. The van der Waals surface area contributed by atoms with Crippen molar-refractivity contribution in [1.82, 2.24) is 36.1 Å². The van der Waals surface area contributed by atoms with Crippen LogP contribution in [-0.4, -0.2) is 51.9 Å². The Hall–Kier alpha value is -4.35. The number of rotatable bonds is 10. The van der Waals surface area contributed by atoms with Crippen LogP contribution < -0.4 is 16.2 Å². The van der Waals surface area contributed by atoms with Crippen LogP contribution in [0, 0.1) is 13.8 Å². The number of carbonyl (C=O) groups excluding carboxylic acids is 1. The van der Waals surface area contributed by atoms with E-state index in [1.807, 2.05) is 51.1 Å². The molecular weight excluding hydrogens is 508 g/mol. The maximum atomic E-state index is 12.3. The first kappa shape index (κ1) is 27.2. The average molecular weight is 543 g/mol. The van der Waals surface area contributed by atoms with Gasteiger partial charge in [0.15, 0.2) is 12.0 Å². The second-order valence-electron chi connectivity index (χ2n) is 9.58. The minimum atomic E-state index is -0.701. The molecule has 11 nitrogen and oxygen atoms in total. The van der Waals surface area contributed by atoms with Crippen LogP contribution in [0.4, 0.5) is 4.79 Å². The number of fused-ring (bicyclic) bond motifs is 3. The van der Waals surface area contributed by atoms with Gasteiger partial charge in [0.25, 0.3) is 0 Å². The number of hydrogen-bond donors (Lipinski definition) is 3. The van der Waals surface area contributed by atoms with E-state index < -0.39 is 6.17 Å². The van der Waals surface area contributed by atoms with Gasteiger partial charge < -0.3 is 14.6 Å². The quantitative estimate of drug-likeness (QED) is 0.261. The van der Waals surface area contributed by atoms with Gasteiger partial charge in [-0.3, -0.25) is 15.0 Å². The SMILES string of the molecule is CCNC(=O)NNC1N=C(c2ccccc2)c2ccc(CCOC)cc2-n2c(CCc3c(C)noc3C)nnc21. The predicted octanol–water partition coefficient (Wildman–Crippen LogP) is 3.52. The molecular formula is C29H34N8O3. The lowest BCUT2D eigenvalue weighted by molar-refractivity contribution is 0.202. The highest BCUT2D eigenvalue weighted by molar-refractivity contribution is 6.15. The summed E-state index contributed by atoms with van der Waals surface area (Å²) < 4.78 is 12.8. The van der Waals surface area contributed by atoms with Gasteiger partial charge in [-0.25, -0.2) is 10.2 Å². The highest BCUT2D eigenvalue weighted by Gasteiger charge is 2.30. The number of aliphatic imine (C=N–C) groups is 1. The molecule has 2 amide bonds. The highest BCUT2D eigenvalue weighted by atomic mass is 16.5. The Morgan fingerprint density at radius 2 is 1.90 bits per heavy atom. The second-order valence-corrected chi connectivity index (χ2v) is 9.58. The lowest BCUT2D eigenvalue weighted by atomic mass is 9.98. The number of aromatic nitrogens is 4. The number of ether oxygens (including phenoxy) is 1. The van der Waals surface area contributed by atoms with Crippen LogP contribution >= 0.6 is 0 Å². The lowest BCUT2D eigenvalue weighted by Crippen LogP contribution is -2.45. The van der Waals surface area contributed by atoms with Crippen molar-refractivity contribution in [2.75, 3.05) is 20.3 Å². The van der Waals surface area contributed by atoms with E-state index in [0.29, 0.717) is 31.8 Å². The summed E-state index contributed by atoms with van der Waals surface area (Å²) in [5.41, 5.74) is 12.4. The third kappa shape index (κ3) is 5.65. The van der Waals surface area contributed by atoms with Crippen molar-refractivity contribution in [2.45, 2.75) is 46.2 Å². The van der Waals surface area contributed by atoms with Crippen molar-refractivity contribution in [3.05, 3.63) is 93.9 Å². The number of hydrogen-bond acceptors (Lipinski definition) is 8. The largest absolute Gasteiger partial charge is 0.384 e. The predicted molar refractivity (Wildman–Crippen MR) is 150 cm³/mol. The van der Waals surface area contributed by atoms with Crippen molar-refractivity contribution >= 4 is 11.7 Å². The number of amides is 2.